The van der Waals surface area contributed by atoms with Crippen LogP contribution in [-0.4, -0.2) is 42.9 Å². The van der Waals surface area contributed by atoms with E-state index in [2.05, 4.69) is 26.1 Å². The van der Waals surface area contributed by atoms with Crippen LogP contribution in [0.3, 0.4) is 0 Å². The van der Waals surface area contributed by atoms with Crippen LogP contribution in [0.1, 0.15) is 52.9 Å². The highest BCUT2D eigenvalue weighted by Crippen LogP contribution is 2.38. The van der Waals surface area contributed by atoms with Crippen molar-refractivity contribution < 1.29 is 13.2 Å². The Labute approximate surface area is 139 Å². The summed E-state index contributed by atoms with van der Waals surface area (Å²) in [5.74, 6) is 1.49. The van der Waals surface area contributed by atoms with Crippen molar-refractivity contribution in [2.24, 2.45) is 11.3 Å². The number of carbonyl (C=O) groups is 1. The first-order chi connectivity index (χ1) is 10.2. The van der Waals surface area contributed by atoms with E-state index >= 15 is 0 Å². The average molecular weight is 348 g/mol. The second-order valence-corrected chi connectivity index (χ2v) is 11.3. The van der Waals surface area contributed by atoms with E-state index in [1.54, 1.807) is 0 Å². The molecule has 2 fully saturated rings. The van der Waals surface area contributed by atoms with E-state index in [9.17, 15) is 13.2 Å². The van der Waals surface area contributed by atoms with Gasteiger partial charge in [-0.2, -0.15) is 0 Å². The molecule has 0 aromatic rings. The van der Waals surface area contributed by atoms with Gasteiger partial charge in [0.2, 0.25) is 5.91 Å². The molecule has 0 bridgehead atoms. The fourth-order valence-electron chi connectivity index (χ4n) is 3.67. The topological polar surface area (TPSA) is 63.2 Å². The summed E-state index contributed by atoms with van der Waals surface area (Å²) < 4.78 is 22.9. The molecular formula is C16H29NO3S2. The molecule has 0 unspecified atom stereocenters. The largest absolute Gasteiger partial charge is 0.352 e. The minimum atomic E-state index is -2.85. The molecule has 2 aliphatic rings. The van der Waals surface area contributed by atoms with Crippen molar-refractivity contribution in [3.05, 3.63) is 0 Å². The first kappa shape index (κ1) is 18.1. The minimum absolute atomic E-state index is 0.0652. The molecule has 1 saturated heterocycles. The second kappa shape index (κ2) is 7.12. The molecule has 6 heteroatoms. The van der Waals surface area contributed by atoms with Crippen LogP contribution in [0.2, 0.25) is 0 Å². The average Bonchev–Trinajstić information content (AvgIpc) is 2.75. The van der Waals surface area contributed by atoms with Crippen LogP contribution in [0, 0.1) is 11.3 Å². The Balaban J connectivity index is 1.80. The molecule has 1 aliphatic heterocycles. The van der Waals surface area contributed by atoms with E-state index in [4.69, 9.17) is 0 Å². The smallest absolute Gasteiger partial charge is 0.230 e. The number of thioether (sulfide) groups is 1. The van der Waals surface area contributed by atoms with Gasteiger partial charge in [-0.3, -0.25) is 4.79 Å². The summed E-state index contributed by atoms with van der Waals surface area (Å²) in [7, 11) is -2.85. The lowest BCUT2D eigenvalue weighted by molar-refractivity contribution is -0.120. The third-order valence-electron chi connectivity index (χ3n) is 4.87. The van der Waals surface area contributed by atoms with Crippen LogP contribution < -0.4 is 5.32 Å². The van der Waals surface area contributed by atoms with Crippen LogP contribution in [0.4, 0.5) is 0 Å². The highest BCUT2D eigenvalue weighted by molar-refractivity contribution is 8.02. The third-order valence-corrected chi connectivity index (χ3v) is 8.15. The lowest BCUT2D eigenvalue weighted by atomic mass is 9.69. The van der Waals surface area contributed by atoms with Gasteiger partial charge in [0.1, 0.15) is 0 Å². The Morgan fingerprint density at radius 3 is 2.45 bits per heavy atom. The fourth-order valence-corrected chi connectivity index (χ4v) is 7.13. The first-order valence-corrected chi connectivity index (χ1v) is 11.2. The number of sulfone groups is 1. The Bertz CT molecular complexity index is 496. The zero-order valence-corrected chi connectivity index (χ0v) is 15.6. The van der Waals surface area contributed by atoms with Crippen LogP contribution >= 0.6 is 11.8 Å². The Morgan fingerprint density at radius 1 is 1.18 bits per heavy atom. The molecule has 0 radical (unpaired) electrons. The molecule has 4 nitrogen and oxygen atoms in total. The standard InChI is InChI=1S/C16H29NO3S2/c1-16(2,3)13-6-4-5-7-14(13)17-15(18)10-21-12-8-9-22(19,20)11-12/h12-14H,4-11H2,1-3H3,(H,17,18)/t12-,13+,14-/m0/s1. The van der Waals surface area contributed by atoms with Gasteiger partial charge in [0.05, 0.1) is 17.3 Å². The lowest BCUT2D eigenvalue weighted by Gasteiger charge is -2.40. The molecular weight excluding hydrogens is 318 g/mol. The molecule has 1 saturated carbocycles. The van der Waals surface area contributed by atoms with Crippen LogP contribution in [0.15, 0.2) is 0 Å². The van der Waals surface area contributed by atoms with E-state index < -0.39 is 9.84 Å². The molecule has 1 amide bonds. The maximum atomic E-state index is 12.2. The maximum Gasteiger partial charge on any atom is 0.230 e. The van der Waals surface area contributed by atoms with E-state index in [0.29, 0.717) is 18.1 Å². The summed E-state index contributed by atoms with van der Waals surface area (Å²) in [6.45, 7) is 6.75. The van der Waals surface area contributed by atoms with Crippen LogP contribution in [-0.2, 0) is 14.6 Å². The van der Waals surface area contributed by atoms with Gasteiger partial charge in [-0.25, -0.2) is 8.42 Å². The quantitative estimate of drug-likeness (QED) is 0.849. The highest BCUT2D eigenvalue weighted by atomic mass is 32.2. The Morgan fingerprint density at radius 2 is 1.86 bits per heavy atom. The second-order valence-electron chi connectivity index (χ2n) is 7.77. The van der Waals surface area contributed by atoms with Gasteiger partial charge in [-0.05, 0) is 30.6 Å². The molecule has 3 atom stereocenters. The van der Waals surface area contributed by atoms with E-state index in [1.807, 2.05) is 0 Å². The summed E-state index contributed by atoms with van der Waals surface area (Å²) in [6.07, 6.45) is 5.38. The molecule has 128 valence electrons. The van der Waals surface area contributed by atoms with Crippen LogP contribution in [0.25, 0.3) is 0 Å². The molecule has 1 N–H and O–H groups in total. The number of hydrogen-bond acceptors (Lipinski definition) is 4. The number of nitrogens with one attached hydrogen (secondary N) is 1. The monoisotopic (exact) mass is 347 g/mol. The summed E-state index contributed by atoms with van der Waals surface area (Å²) in [4.78, 5) is 12.2. The summed E-state index contributed by atoms with van der Waals surface area (Å²) in [6, 6.07) is 0.272. The number of rotatable bonds is 4. The van der Waals surface area contributed by atoms with E-state index in [-0.39, 0.29) is 34.1 Å². The molecule has 1 aliphatic carbocycles. The van der Waals surface area contributed by atoms with Gasteiger partial charge in [-0.15, -0.1) is 11.8 Å². The van der Waals surface area contributed by atoms with Crippen molar-refractivity contribution in [2.75, 3.05) is 17.3 Å². The zero-order valence-electron chi connectivity index (χ0n) is 13.9. The molecule has 2 rings (SSSR count). The van der Waals surface area contributed by atoms with Crippen molar-refractivity contribution in [3.63, 3.8) is 0 Å². The van der Waals surface area contributed by atoms with Gasteiger partial charge in [0, 0.05) is 11.3 Å². The number of carbonyl (C=O) groups excluding carboxylic acids is 1. The van der Waals surface area contributed by atoms with Crippen molar-refractivity contribution in [1.82, 2.24) is 5.32 Å². The lowest BCUT2D eigenvalue weighted by Crippen LogP contribution is -2.47. The predicted molar refractivity (Wildman–Crippen MR) is 92.9 cm³/mol. The van der Waals surface area contributed by atoms with Gasteiger partial charge < -0.3 is 5.32 Å². The Kier molecular flexibility index (Phi) is 5.86. The van der Waals surface area contributed by atoms with Gasteiger partial charge in [0.25, 0.3) is 0 Å². The van der Waals surface area contributed by atoms with Gasteiger partial charge in [0.15, 0.2) is 9.84 Å². The maximum absolute atomic E-state index is 12.2. The summed E-state index contributed by atoms with van der Waals surface area (Å²) >= 11 is 1.50. The molecule has 0 aromatic carbocycles. The molecule has 0 spiro atoms. The van der Waals surface area contributed by atoms with Crippen molar-refractivity contribution >= 4 is 27.5 Å². The predicted octanol–water partition coefficient (Wildman–Crippen LogP) is 2.63. The van der Waals surface area contributed by atoms with Crippen molar-refractivity contribution in [3.8, 4) is 0 Å². The van der Waals surface area contributed by atoms with E-state index in [1.165, 1.54) is 31.0 Å². The molecule has 1 heterocycles. The summed E-state index contributed by atoms with van der Waals surface area (Å²) in [5.41, 5.74) is 0.213. The summed E-state index contributed by atoms with van der Waals surface area (Å²) in [5, 5.41) is 3.31. The minimum Gasteiger partial charge on any atom is -0.352 e. The van der Waals surface area contributed by atoms with Gasteiger partial charge >= 0.3 is 0 Å². The van der Waals surface area contributed by atoms with Crippen molar-refractivity contribution in [2.45, 2.75) is 64.2 Å². The molecule has 22 heavy (non-hydrogen) atoms. The van der Waals surface area contributed by atoms with E-state index in [0.717, 1.165) is 6.42 Å². The number of amides is 1. The number of hydrogen-bond donors (Lipinski definition) is 1. The zero-order chi connectivity index (χ0) is 16.4. The highest BCUT2D eigenvalue weighted by Gasteiger charge is 2.35. The first-order valence-electron chi connectivity index (χ1n) is 8.29. The molecule has 0 aromatic heterocycles. The normalized spacial score (nSPS) is 31.9. The van der Waals surface area contributed by atoms with Crippen molar-refractivity contribution in [1.29, 1.82) is 0 Å². The van der Waals surface area contributed by atoms with Crippen LogP contribution in [0.5, 0.6) is 0 Å². The third kappa shape index (κ3) is 5.15. The SMILES string of the molecule is CC(C)(C)[C@@H]1CCCC[C@@H]1NC(=O)CS[C@H]1CCS(=O)(=O)C1. The fraction of sp³-hybridized carbons (Fsp3) is 0.938. The van der Waals surface area contributed by atoms with Gasteiger partial charge in [-0.1, -0.05) is 33.6 Å². The Hall–Kier alpha value is -0.230.